The van der Waals surface area contributed by atoms with Crippen LogP contribution in [0.15, 0.2) is 12.4 Å². The van der Waals surface area contributed by atoms with Crippen LogP contribution in [0.4, 0.5) is 0 Å². The first-order valence-electron chi connectivity index (χ1n) is 11.0. The monoisotopic (exact) mass is 336 g/mol. The van der Waals surface area contributed by atoms with Gasteiger partial charge in [-0.3, -0.25) is 0 Å². The first-order chi connectivity index (χ1) is 11.9. The molecule has 24 heavy (non-hydrogen) atoms. The zero-order valence-corrected chi connectivity index (χ0v) is 16.8. The molecule has 0 aromatic heterocycles. The minimum absolute atomic E-state index is 1.12. The van der Waals surface area contributed by atoms with Crippen LogP contribution in [0.1, 0.15) is 110 Å². The number of nitrogens with zero attached hydrogens (tertiary/aromatic N) is 2. The van der Waals surface area contributed by atoms with Crippen LogP contribution < -0.4 is 0 Å². The van der Waals surface area contributed by atoms with Gasteiger partial charge in [0.15, 0.2) is 0 Å². The van der Waals surface area contributed by atoms with Gasteiger partial charge in [-0.25, -0.2) is 0 Å². The van der Waals surface area contributed by atoms with E-state index in [-0.39, 0.29) is 0 Å². The molecule has 0 N–H and O–H groups in total. The molecule has 0 aliphatic carbocycles. The van der Waals surface area contributed by atoms with E-state index in [1.54, 1.807) is 0 Å². The highest BCUT2D eigenvalue weighted by atomic mass is 15.3. The summed E-state index contributed by atoms with van der Waals surface area (Å²) in [5.41, 5.74) is 0. The second kappa shape index (κ2) is 15.8. The smallest absolute Gasteiger partial charge is 0.0893 e. The first kappa shape index (κ1) is 21.4. The molecule has 0 amide bonds. The predicted molar refractivity (Wildman–Crippen MR) is 108 cm³/mol. The molecular weight excluding hydrogens is 292 g/mol. The van der Waals surface area contributed by atoms with Gasteiger partial charge < -0.3 is 9.80 Å². The lowest BCUT2D eigenvalue weighted by atomic mass is 10.0. The molecular formula is C22H44N2. The van der Waals surface area contributed by atoms with Crippen LogP contribution in [0.5, 0.6) is 0 Å². The molecule has 0 saturated carbocycles. The van der Waals surface area contributed by atoms with E-state index in [0.717, 1.165) is 6.67 Å². The van der Waals surface area contributed by atoms with E-state index in [1.807, 2.05) is 0 Å². The van der Waals surface area contributed by atoms with Crippen molar-refractivity contribution in [3.8, 4) is 0 Å². The Balaban J connectivity index is 1.76. The summed E-state index contributed by atoms with van der Waals surface area (Å²) < 4.78 is 0. The van der Waals surface area contributed by atoms with Crippen molar-refractivity contribution in [3.05, 3.63) is 12.4 Å². The van der Waals surface area contributed by atoms with Crippen molar-refractivity contribution in [2.75, 3.05) is 19.8 Å². The van der Waals surface area contributed by atoms with Gasteiger partial charge >= 0.3 is 0 Å². The molecule has 0 bridgehead atoms. The summed E-state index contributed by atoms with van der Waals surface area (Å²) in [6, 6.07) is 0. The van der Waals surface area contributed by atoms with E-state index in [0.29, 0.717) is 0 Å². The number of hydrogen-bond donors (Lipinski definition) is 0. The lowest BCUT2D eigenvalue weighted by Crippen LogP contribution is -2.26. The maximum atomic E-state index is 2.48. The van der Waals surface area contributed by atoms with Crippen LogP contribution in [-0.2, 0) is 0 Å². The van der Waals surface area contributed by atoms with Gasteiger partial charge in [0.05, 0.1) is 6.67 Å². The highest BCUT2D eigenvalue weighted by Crippen LogP contribution is 2.13. The zero-order valence-electron chi connectivity index (χ0n) is 16.8. The van der Waals surface area contributed by atoms with Gasteiger partial charge in [0, 0.05) is 25.5 Å². The molecule has 0 radical (unpaired) electrons. The molecule has 0 aromatic carbocycles. The molecule has 0 spiro atoms. The molecule has 1 aliphatic heterocycles. The molecule has 1 heterocycles. The van der Waals surface area contributed by atoms with Gasteiger partial charge in [-0.1, -0.05) is 97.3 Å². The third-order valence-corrected chi connectivity index (χ3v) is 5.20. The van der Waals surface area contributed by atoms with E-state index in [4.69, 9.17) is 0 Å². The molecule has 2 heteroatoms. The Hall–Kier alpha value is -0.660. The lowest BCUT2D eigenvalue weighted by molar-refractivity contribution is 0.258. The Morgan fingerprint density at radius 1 is 0.500 bits per heavy atom. The van der Waals surface area contributed by atoms with Gasteiger partial charge in [0.25, 0.3) is 0 Å². The summed E-state index contributed by atoms with van der Waals surface area (Å²) in [5.74, 6) is 0. The van der Waals surface area contributed by atoms with Crippen molar-refractivity contribution in [1.29, 1.82) is 0 Å². The van der Waals surface area contributed by atoms with Crippen LogP contribution >= 0.6 is 0 Å². The van der Waals surface area contributed by atoms with E-state index in [2.05, 4.69) is 36.0 Å². The number of rotatable bonds is 17. The van der Waals surface area contributed by atoms with Crippen LogP contribution in [0.2, 0.25) is 0 Å². The topological polar surface area (TPSA) is 6.48 Å². The minimum atomic E-state index is 1.12. The fourth-order valence-electron chi connectivity index (χ4n) is 3.50. The van der Waals surface area contributed by atoms with Crippen molar-refractivity contribution in [1.82, 2.24) is 9.80 Å². The molecule has 1 rings (SSSR count). The summed E-state index contributed by atoms with van der Waals surface area (Å²) in [5, 5.41) is 0. The van der Waals surface area contributed by atoms with Gasteiger partial charge in [0.2, 0.25) is 0 Å². The van der Waals surface area contributed by atoms with Crippen molar-refractivity contribution in [2.24, 2.45) is 0 Å². The largest absolute Gasteiger partial charge is 0.359 e. The molecule has 0 aromatic rings. The summed E-state index contributed by atoms with van der Waals surface area (Å²) in [7, 11) is 0. The van der Waals surface area contributed by atoms with E-state index in [1.165, 1.54) is 109 Å². The van der Waals surface area contributed by atoms with Gasteiger partial charge in [0.1, 0.15) is 0 Å². The van der Waals surface area contributed by atoms with Crippen molar-refractivity contribution < 1.29 is 0 Å². The van der Waals surface area contributed by atoms with Crippen LogP contribution in [0, 0.1) is 0 Å². The molecule has 0 fully saturated rings. The lowest BCUT2D eigenvalue weighted by Gasteiger charge is -2.21. The Kier molecular flexibility index (Phi) is 14.1. The average Bonchev–Trinajstić information content (AvgIpc) is 3.05. The molecule has 142 valence electrons. The predicted octanol–water partition coefficient (Wildman–Crippen LogP) is 6.92. The fraction of sp³-hybridized carbons (Fsp3) is 0.909. The second-order valence-electron chi connectivity index (χ2n) is 7.66. The molecule has 0 unspecified atom stereocenters. The normalized spacial score (nSPS) is 14.1. The van der Waals surface area contributed by atoms with Crippen LogP contribution in [0.3, 0.4) is 0 Å². The van der Waals surface area contributed by atoms with Gasteiger partial charge in [-0.05, 0) is 12.8 Å². The highest BCUT2D eigenvalue weighted by Gasteiger charge is 2.10. The molecule has 0 saturated heterocycles. The Morgan fingerprint density at radius 2 is 0.875 bits per heavy atom. The number of hydrogen-bond acceptors (Lipinski definition) is 2. The first-order valence-corrected chi connectivity index (χ1v) is 11.0. The highest BCUT2D eigenvalue weighted by molar-refractivity contribution is 4.90. The van der Waals surface area contributed by atoms with Crippen LogP contribution in [0.25, 0.3) is 0 Å². The zero-order chi connectivity index (χ0) is 17.3. The average molecular weight is 337 g/mol. The summed E-state index contributed by atoms with van der Waals surface area (Å²) in [6.07, 6.45) is 25.9. The maximum Gasteiger partial charge on any atom is 0.0893 e. The third kappa shape index (κ3) is 11.8. The number of unbranched alkanes of at least 4 members (excludes halogenated alkanes) is 13. The van der Waals surface area contributed by atoms with Gasteiger partial charge in [-0.2, -0.15) is 0 Å². The Labute approximate surface area is 152 Å². The van der Waals surface area contributed by atoms with Crippen molar-refractivity contribution in [3.63, 3.8) is 0 Å². The van der Waals surface area contributed by atoms with Crippen molar-refractivity contribution in [2.45, 2.75) is 110 Å². The fourth-order valence-corrected chi connectivity index (χ4v) is 3.50. The summed E-state index contributed by atoms with van der Waals surface area (Å²) >= 11 is 0. The third-order valence-electron chi connectivity index (χ3n) is 5.20. The maximum absolute atomic E-state index is 2.48. The second-order valence-corrected chi connectivity index (χ2v) is 7.66. The Bertz CT molecular complexity index is 288. The SMILES string of the molecule is CCCCCCCCCCCCCCCN1C=CN(CCCC)C1. The van der Waals surface area contributed by atoms with E-state index >= 15 is 0 Å². The minimum Gasteiger partial charge on any atom is -0.359 e. The molecule has 2 nitrogen and oxygen atoms in total. The van der Waals surface area contributed by atoms with E-state index in [9.17, 15) is 0 Å². The van der Waals surface area contributed by atoms with E-state index < -0.39 is 0 Å². The molecule has 0 atom stereocenters. The molecule has 1 aliphatic rings. The Morgan fingerprint density at radius 3 is 1.33 bits per heavy atom. The summed E-state index contributed by atoms with van der Waals surface area (Å²) in [6.45, 7) is 8.16. The quantitative estimate of drug-likeness (QED) is 0.266. The standard InChI is InChI=1S/C22H44N2/c1-3-5-7-8-9-10-11-12-13-14-15-16-17-19-24-21-20-23(22-24)18-6-4-2/h20-21H,3-19,22H2,1-2H3. The van der Waals surface area contributed by atoms with Gasteiger partial charge in [-0.15, -0.1) is 0 Å². The van der Waals surface area contributed by atoms with Crippen LogP contribution in [-0.4, -0.2) is 29.6 Å². The summed E-state index contributed by atoms with van der Waals surface area (Å²) in [4.78, 5) is 4.93. The van der Waals surface area contributed by atoms with Crippen molar-refractivity contribution >= 4 is 0 Å².